The molecule has 0 aliphatic rings. The molecule has 16 heavy (non-hydrogen) atoms. The molecule has 0 fully saturated rings. The number of rotatable bonds is 7. The van der Waals surface area contributed by atoms with Crippen LogP contribution in [0.15, 0.2) is 0 Å². The molecular weight excluding hydrogens is 230 g/mol. The van der Waals surface area contributed by atoms with Crippen LogP contribution in [0, 0.1) is 0 Å². The number of esters is 1. The lowest BCUT2D eigenvalue weighted by atomic mass is 10.2. The van der Waals surface area contributed by atoms with Gasteiger partial charge in [0.1, 0.15) is 6.04 Å². The highest BCUT2D eigenvalue weighted by molar-refractivity contribution is 7.98. The maximum Gasteiger partial charge on any atom is 0.407 e. The van der Waals surface area contributed by atoms with Crippen molar-refractivity contribution in [2.45, 2.75) is 26.3 Å². The van der Waals surface area contributed by atoms with Crippen LogP contribution in [0.25, 0.3) is 0 Å². The van der Waals surface area contributed by atoms with Crippen LogP contribution in [0.4, 0.5) is 4.79 Å². The number of ether oxygens (including phenoxy) is 2. The second kappa shape index (κ2) is 9.33. The van der Waals surface area contributed by atoms with Crippen molar-refractivity contribution >= 4 is 23.8 Å². The molecule has 0 aliphatic heterocycles. The number of amides is 1. The van der Waals surface area contributed by atoms with Gasteiger partial charge in [-0.1, -0.05) is 0 Å². The minimum absolute atomic E-state index is 0.282. The summed E-state index contributed by atoms with van der Waals surface area (Å²) in [5.41, 5.74) is 0. The van der Waals surface area contributed by atoms with Gasteiger partial charge in [-0.3, -0.25) is 0 Å². The average molecular weight is 249 g/mol. The Hall–Kier alpha value is -0.910. The zero-order valence-electron chi connectivity index (χ0n) is 9.95. The molecular formula is C10H19NO4S. The van der Waals surface area contributed by atoms with E-state index in [4.69, 9.17) is 9.47 Å². The molecule has 1 amide bonds. The maximum absolute atomic E-state index is 11.5. The van der Waals surface area contributed by atoms with Crippen molar-refractivity contribution in [3.05, 3.63) is 0 Å². The summed E-state index contributed by atoms with van der Waals surface area (Å²) in [6.07, 6.45) is 1.90. The van der Waals surface area contributed by atoms with E-state index >= 15 is 0 Å². The quantitative estimate of drug-likeness (QED) is 0.691. The lowest BCUT2D eigenvalue weighted by molar-refractivity contribution is -0.145. The predicted molar refractivity (Wildman–Crippen MR) is 63.6 cm³/mol. The van der Waals surface area contributed by atoms with Gasteiger partial charge in [0.15, 0.2) is 0 Å². The molecule has 0 rings (SSSR count). The van der Waals surface area contributed by atoms with E-state index in [0.29, 0.717) is 13.0 Å². The molecule has 1 N–H and O–H groups in total. The Kier molecular flexibility index (Phi) is 8.80. The van der Waals surface area contributed by atoms with Gasteiger partial charge in [-0.05, 0) is 32.3 Å². The van der Waals surface area contributed by atoms with E-state index in [1.54, 1.807) is 25.6 Å². The zero-order valence-corrected chi connectivity index (χ0v) is 10.8. The number of alkyl carbamates (subject to hydrolysis) is 1. The van der Waals surface area contributed by atoms with Crippen LogP contribution in [0.1, 0.15) is 20.3 Å². The fourth-order valence-corrected chi connectivity index (χ4v) is 1.51. The first-order valence-electron chi connectivity index (χ1n) is 5.24. The number of hydrogen-bond acceptors (Lipinski definition) is 5. The summed E-state index contributed by atoms with van der Waals surface area (Å²) in [5, 5.41) is 2.49. The fourth-order valence-electron chi connectivity index (χ4n) is 1.04. The third-order valence-electron chi connectivity index (χ3n) is 1.75. The molecule has 1 unspecified atom stereocenters. The molecule has 0 radical (unpaired) electrons. The second-order valence-corrected chi connectivity index (χ2v) is 3.94. The Balaban J connectivity index is 4.18. The Morgan fingerprint density at radius 1 is 1.25 bits per heavy atom. The monoisotopic (exact) mass is 249 g/mol. The van der Waals surface area contributed by atoms with E-state index in [2.05, 4.69) is 5.32 Å². The van der Waals surface area contributed by atoms with Crippen LogP contribution in [0.2, 0.25) is 0 Å². The van der Waals surface area contributed by atoms with E-state index in [-0.39, 0.29) is 6.61 Å². The van der Waals surface area contributed by atoms with Crippen molar-refractivity contribution in [2.75, 3.05) is 25.2 Å². The van der Waals surface area contributed by atoms with Gasteiger partial charge in [0.05, 0.1) is 13.2 Å². The Morgan fingerprint density at radius 2 is 1.88 bits per heavy atom. The van der Waals surface area contributed by atoms with E-state index in [1.807, 2.05) is 6.26 Å². The molecule has 0 spiro atoms. The van der Waals surface area contributed by atoms with Gasteiger partial charge in [-0.25, -0.2) is 9.59 Å². The lowest BCUT2D eigenvalue weighted by Gasteiger charge is -2.16. The van der Waals surface area contributed by atoms with Crippen molar-refractivity contribution < 1.29 is 19.1 Å². The molecule has 0 saturated carbocycles. The zero-order chi connectivity index (χ0) is 12.4. The number of carbonyl (C=O) groups excluding carboxylic acids is 2. The van der Waals surface area contributed by atoms with Crippen molar-refractivity contribution in [2.24, 2.45) is 0 Å². The summed E-state index contributed by atoms with van der Waals surface area (Å²) >= 11 is 1.61. The smallest absolute Gasteiger partial charge is 0.407 e. The Morgan fingerprint density at radius 3 is 2.38 bits per heavy atom. The standard InChI is InChI=1S/C10H19NO4S/c1-4-14-9(12)8(6-7-16-3)11-10(13)15-5-2/h8H,4-7H2,1-3H3,(H,11,13). The second-order valence-electron chi connectivity index (χ2n) is 2.95. The van der Waals surface area contributed by atoms with Gasteiger partial charge in [-0.15, -0.1) is 0 Å². The molecule has 0 aromatic rings. The van der Waals surface area contributed by atoms with Gasteiger partial charge < -0.3 is 14.8 Å². The SMILES string of the molecule is CCOC(=O)NC(CCSC)C(=O)OCC. The van der Waals surface area contributed by atoms with Crippen molar-refractivity contribution in [1.29, 1.82) is 0 Å². The van der Waals surface area contributed by atoms with Gasteiger partial charge in [0, 0.05) is 0 Å². The van der Waals surface area contributed by atoms with Crippen molar-refractivity contribution in [3.63, 3.8) is 0 Å². The summed E-state index contributed by atoms with van der Waals surface area (Å²) in [6.45, 7) is 4.03. The summed E-state index contributed by atoms with van der Waals surface area (Å²) in [5.74, 6) is 0.361. The highest BCUT2D eigenvalue weighted by Gasteiger charge is 2.21. The number of nitrogens with one attached hydrogen (secondary N) is 1. The van der Waals surface area contributed by atoms with Crippen molar-refractivity contribution in [1.82, 2.24) is 5.32 Å². The molecule has 0 aromatic heterocycles. The molecule has 0 aliphatic carbocycles. The van der Waals surface area contributed by atoms with Gasteiger partial charge in [-0.2, -0.15) is 11.8 Å². The first kappa shape index (κ1) is 15.1. The highest BCUT2D eigenvalue weighted by Crippen LogP contribution is 2.03. The third kappa shape index (κ3) is 6.55. The summed E-state index contributed by atoms with van der Waals surface area (Å²) in [7, 11) is 0. The molecule has 6 heteroatoms. The maximum atomic E-state index is 11.5. The Bertz CT molecular complexity index is 223. The molecule has 0 saturated heterocycles. The number of thioether (sulfide) groups is 1. The van der Waals surface area contributed by atoms with Crippen LogP contribution in [-0.4, -0.2) is 43.3 Å². The summed E-state index contributed by atoms with van der Waals surface area (Å²) < 4.78 is 9.58. The molecule has 0 aromatic carbocycles. The Labute approximate surface area is 100 Å². The molecule has 1 atom stereocenters. The fraction of sp³-hybridized carbons (Fsp3) is 0.800. The van der Waals surface area contributed by atoms with Gasteiger partial charge >= 0.3 is 12.1 Å². The normalized spacial score (nSPS) is 11.7. The van der Waals surface area contributed by atoms with Crippen LogP contribution < -0.4 is 5.32 Å². The van der Waals surface area contributed by atoms with Crippen molar-refractivity contribution in [3.8, 4) is 0 Å². The van der Waals surface area contributed by atoms with Crippen LogP contribution in [0.5, 0.6) is 0 Å². The minimum atomic E-state index is -0.619. The van der Waals surface area contributed by atoms with E-state index in [1.165, 1.54) is 0 Å². The topological polar surface area (TPSA) is 64.6 Å². The van der Waals surface area contributed by atoms with E-state index < -0.39 is 18.1 Å². The predicted octanol–water partition coefficient (Wildman–Crippen LogP) is 1.42. The lowest BCUT2D eigenvalue weighted by Crippen LogP contribution is -2.42. The third-order valence-corrected chi connectivity index (χ3v) is 2.39. The minimum Gasteiger partial charge on any atom is -0.464 e. The summed E-state index contributed by atoms with van der Waals surface area (Å²) in [4.78, 5) is 22.7. The summed E-state index contributed by atoms with van der Waals surface area (Å²) in [6, 6.07) is -0.619. The molecule has 0 heterocycles. The highest BCUT2D eigenvalue weighted by atomic mass is 32.2. The average Bonchev–Trinajstić information content (AvgIpc) is 2.24. The van der Waals surface area contributed by atoms with E-state index in [0.717, 1.165) is 5.75 Å². The largest absolute Gasteiger partial charge is 0.464 e. The first-order valence-corrected chi connectivity index (χ1v) is 6.63. The van der Waals surface area contributed by atoms with Crippen LogP contribution in [0.3, 0.4) is 0 Å². The van der Waals surface area contributed by atoms with E-state index in [9.17, 15) is 9.59 Å². The first-order chi connectivity index (χ1) is 7.65. The van der Waals surface area contributed by atoms with Crippen LogP contribution in [-0.2, 0) is 14.3 Å². The van der Waals surface area contributed by atoms with Crippen LogP contribution >= 0.6 is 11.8 Å². The number of hydrogen-bond donors (Lipinski definition) is 1. The van der Waals surface area contributed by atoms with Gasteiger partial charge in [0.2, 0.25) is 0 Å². The number of carbonyl (C=O) groups is 2. The molecule has 94 valence electrons. The van der Waals surface area contributed by atoms with Gasteiger partial charge in [0.25, 0.3) is 0 Å². The molecule has 5 nitrogen and oxygen atoms in total. The molecule has 0 bridgehead atoms.